The Hall–Kier alpha value is -3.42. The number of carbonyl (C=O) groups is 2. The molecule has 1 fully saturated rings. The summed E-state index contributed by atoms with van der Waals surface area (Å²) in [5, 5.41) is 5.99. The highest BCUT2D eigenvalue weighted by molar-refractivity contribution is 6.40. The molecule has 0 aliphatic carbocycles. The average Bonchev–Trinajstić information content (AvgIpc) is 2.88. The molecule has 0 spiro atoms. The van der Waals surface area contributed by atoms with E-state index in [0.717, 1.165) is 37.3 Å². The van der Waals surface area contributed by atoms with Gasteiger partial charge >= 0.3 is 11.8 Å². The fourth-order valence-electron chi connectivity index (χ4n) is 4.15. The number of aromatic nitrogens is 1. The van der Waals surface area contributed by atoms with Crippen LogP contribution in [0.25, 0.3) is 0 Å². The van der Waals surface area contributed by atoms with Gasteiger partial charge in [0, 0.05) is 61.5 Å². The van der Waals surface area contributed by atoms with Crippen molar-refractivity contribution in [3.05, 3.63) is 89.2 Å². The topological polar surface area (TPSA) is 77.6 Å². The molecule has 0 saturated carbocycles. The van der Waals surface area contributed by atoms with E-state index in [1.165, 1.54) is 5.69 Å². The number of amides is 2. The van der Waals surface area contributed by atoms with Crippen molar-refractivity contribution in [3.63, 3.8) is 0 Å². The van der Waals surface area contributed by atoms with Crippen LogP contribution in [0.2, 0.25) is 5.02 Å². The first-order chi connectivity index (χ1) is 16.5. The Labute approximate surface area is 204 Å². The molecule has 1 aromatic heterocycles. The molecule has 1 aliphatic heterocycles. The van der Waals surface area contributed by atoms with Gasteiger partial charge in [-0.2, -0.15) is 0 Å². The van der Waals surface area contributed by atoms with Crippen molar-refractivity contribution in [3.8, 4) is 0 Å². The molecule has 7 nitrogen and oxygen atoms in total. The van der Waals surface area contributed by atoms with Gasteiger partial charge in [0.2, 0.25) is 0 Å². The van der Waals surface area contributed by atoms with Crippen molar-refractivity contribution >= 4 is 34.8 Å². The second kappa shape index (κ2) is 11.1. The third-order valence-electron chi connectivity index (χ3n) is 6.12. The minimum atomic E-state index is -0.718. The molecular weight excluding hydrogens is 450 g/mol. The normalized spacial score (nSPS) is 14.9. The number of hydrogen-bond donors (Lipinski definition) is 2. The lowest BCUT2D eigenvalue weighted by atomic mass is 10.1. The molecule has 1 saturated heterocycles. The Balaban J connectivity index is 1.39. The van der Waals surface area contributed by atoms with Crippen LogP contribution in [-0.4, -0.2) is 54.4 Å². The Morgan fingerprint density at radius 2 is 1.74 bits per heavy atom. The minimum absolute atomic E-state index is 0.0868. The second-order valence-corrected chi connectivity index (χ2v) is 8.64. The highest BCUT2D eigenvalue weighted by Crippen LogP contribution is 2.24. The number of halogens is 1. The van der Waals surface area contributed by atoms with E-state index in [1.54, 1.807) is 31.3 Å². The predicted molar refractivity (Wildman–Crippen MR) is 135 cm³/mol. The first-order valence-electron chi connectivity index (χ1n) is 11.3. The van der Waals surface area contributed by atoms with E-state index in [0.29, 0.717) is 17.3 Å². The van der Waals surface area contributed by atoms with Crippen LogP contribution in [0.15, 0.2) is 73.1 Å². The van der Waals surface area contributed by atoms with Crippen molar-refractivity contribution < 1.29 is 9.59 Å². The van der Waals surface area contributed by atoms with E-state index in [2.05, 4.69) is 37.6 Å². The quantitative estimate of drug-likeness (QED) is 0.530. The molecule has 176 valence electrons. The summed E-state index contributed by atoms with van der Waals surface area (Å²) in [6, 6.07) is 19.3. The number of piperazine rings is 1. The summed E-state index contributed by atoms with van der Waals surface area (Å²) in [4.78, 5) is 34.0. The number of carbonyl (C=O) groups excluding carboxylic acids is 2. The molecule has 0 unspecified atom stereocenters. The van der Waals surface area contributed by atoms with Crippen LogP contribution in [0, 0.1) is 6.92 Å². The lowest BCUT2D eigenvalue weighted by Gasteiger charge is -2.40. The van der Waals surface area contributed by atoms with E-state index in [4.69, 9.17) is 11.6 Å². The van der Waals surface area contributed by atoms with Gasteiger partial charge in [0.15, 0.2) is 0 Å². The van der Waals surface area contributed by atoms with E-state index < -0.39 is 11.8 Å². The Morgan fingerprint density at radius 3 is 2.44 bits per heavy atom. The number of pyridine rings is 1. The summed E-state index contributed by atoms with van der Waals surface area (Å²) in [7, 11) is 0. The van der Waals surface area contributed by atoms with E-state index in [-0.39, 0.29) is 6.04 Å². The standard InChI is InChI=1S/C26H28ClN5O2/c1-19-22(27)10-5-11-23(19)30-26(34)25(33)29-18-24(20-7-6-12-28-17-20)32-15-13-31(14-16-32)21-8-3-2-4-9-21/h2-12,17,24H,13-16,18H2,1H3,(H,29,33)(H,30,34)/t24-/m1/s1. The summed E-state index contributed by atoms with van der Waals surface area (Å²) in [5.74, 6) is -1.40. The number of rotatable bonds is 6. The molecular formula is C26H28ClN5O2. The summed E-state index contributed by atoms with van der Waals surface area (Å²) >= 11 is 6.12. The number of nitrogens with one attached hydrogen (secondary N) is 2. The van der Waals surface area contributed by atoms with Gasteiger partial charge in [-0.1, -0.05) is 41.9 Å². The van der Waals surface area contributed by atoms with Crippen LogP contribution in [0.1, 0.15) is 17.2 Å². The van der Waals surface area contributed by atoms with Gasteiger partial charge in [-0.05, 0) is 48.4 Å². The molecule has 3 aromatic rings. The number of benzene rings is 2. The molecule has 2 heterocycles. The van der Waals surface area contributed by atoms with E-state index in [9.17, 15) is 9.59 Å². The Kier molecular flexibility index (Phi) is 7.77. The predicted octanol–water partition coefficient (Wildman–Crippen LogP) is 3.66. The van der Waals surface area contributed by atoms with Gasteiger partial charge in [0.25, 0.3) is 0 Å². The maximum absolute atomic E-state index is 12.6. The largest absolute Gasteiger partial charge is 0.369 e. The van der Waals surface area contributed by atoms with Crippen molar-refractivity contribution in [2.45, 2.75) is 13.0 Å². The molecule has 2 amide bonds. The SMILES string of the molecule is Cc1c(Cl)cccc1NC(=O)C(=O)NC[C@H](c1cccnc1)N1CCN(c2ccccc2)CC1. The van der Waals surface area contributed by atoms with Gasteiger partial charge in [-0.3, -0.25) is 19.5 Å². The monoisotopic (exact) mass is 477 g/mol. The van der Waals surface area contributed by atoms with Crippen LogP contribution in [0.4, 0.5) is 11.4 Å². The van der Waals surface area contributed by atoms with Crippen LogP contribution in [0.5, 0.6) is 0 Å². The summed E-state index contributed by atoms with van der Waals surface area (Å²) in [6.07, 6.45) is 3.54. The molecule has 4 rings (SSSR count). The minimum Gasteiger partial charge on any atom is -0.369 e. The average molecular weight is 478 g/mol. The second-order valence-electron chi connectivity index (χ2n) is 8.24. The van der Waals surface area contributed by atoms with Crippen LogP contribution < -0.4 is 15.5 Å². The number of anilines is 2. The molecule has 1 atom stereocenters. The van der Waals surface area contributed by atoms with E-state index in [1.807, 2.05) is 36.5 Å². The summed E-state index contributed by atoms with van der Waals surface area (Å²) in [5.41, 5.74) is 3.45. The summed E-state index contributed by atoms with van der Waals surface area (Å²) < 4.78 is 0. The zero-order chi connectivity index (χ0) is 23.9. The molecule has 2 N–H and O–H groups in total. The molecule has 2 aromatic carbocycles. The maximum atomic E-state index is 12.6. The zero-order valence-electron chi connectivity index (χ0n) is 19.1. The lowest BCUT2D eigenvalue weighted by molar-refractivity contribution is -0.136. The molecule has 0 radical (unpaired) electrons. The fourth-order valence-corrected chi connectivity index (χ4v) is 4.33. The van der Waals surface area contributed by atoms with Crippen LogP contribution in [0.3, 0.4) is 0 Å². The Morgan fingerprint density at radius 1 is 0.971 bits per heavy atom. The first-order valence-corrected chi connectivity index (χ1v) is 11.7. The number of hydrogen-bond acceptors (Lipinski definition) is 5. The third kappa shape index (κ3) is 5.73. The van der Waals surface area contributed by atoms with Crippen molar-refractivity contribution in [2.24, 2.45) is 0 Å². The van der Waals surface area contributed by atoms with Gasteiger partial charge in [-0.15, -0.1) is 0 Å². The Bertz CT molecular complexity index is 1120. The number of nitrogens with zero attached hydrogens (tertiary/aromatic N) is 3. The van der Waals surface area contributed by atoms with Crippen molar-refractivity contribution in [1.82, 2.24) is 15.2 Å². The fraction of sp³-hybridized carbons (Fsp3) is 0.269. The van der Waals surface area contributed by atoms with Gasteiger partial charge in [0.05, 0.1) is 6.04 Å². The lowest BCUT2D eigenvalue weighted by Crippen LogP contribution is -2.50. The van der Waals surface area contributed by atoms with Gasteiger partial charge in [0.1, 0.15) is 0 Å². The molecule has 0 bridgehead atoms. The van der Waals surface area contributed by atoms with Gasteiger partial charge in [-0.25, -0.2) is 0 Å². The zero-order valence-corrected chi connectivity index (χ0v) is 19.8. The van der Waals surface area contributed by atoms with Crippen molar-refractivity contribution in [2.75, 3.05) is 42.9 Å². The third-order valence-corrected chi connectivity index (χ3v) is 6.53. The smallest absolute Gasteiger partial charge is 0.313 e. The first kappa shape index (κ1) is 23.7. The highest BCUT2D eigenvalue weighted by Gasteiger charge is 2.27. The molecule has 8 heteroatoms. The molecule has 34 heavy (non-hydrogen) atoms. The van der Waals surface area contributed by atoms with Crippen molar-refractivity contribution in [1.29, 1.82) is 0 Å². The number of para-hydroxylation sites is 1. The van der Waals surface area contributed by atoms with E-state index >= 15 is 0 Å². The summed E-state index contributed by atoms with van der Waals surface area (Å²) in [6.45, 7) is 5.52. The highest BCUT2D eigenvalue weighted by atomic mass is 35.5. The van der Waals surface area contributed by atoms with Gasteiger partial charge < -0.3 is 15.5 Å². The molecule has 1 aliphatic rings. The maximum Gasteiger partial charge on any atom is 0.313 e. The van der Waals surface area contributed by atoms with Crippen LogP contribution in [-0.2, 0) is 9.59 Å². The van der Waals surface area contributed by atoms with Crippen LogP contribution >= 0.6 is 11.6 Å².